The Balaban J connectivity index is 1.97. The molecule has 0 aliphatic rings. The zero-order valence-corrected chi connectivity index (χ0v) is 16.5. The number of carbonyl (C=O) groups is 1. The summed E-state index contributed by atoms with van der Waals surface area (Å²) in [7, 11) is 0. The molecule has 26 heavy (non-hydrogen) atoms. The smallest absolute Gasteiger partial charge is 0.217 e. The highest BCUT2D eigenvalue weighted by Gasteiger charge is 2.21. The van der Waals surface area contributed by atoms with E-state index in [-0.39, 0.29) is 18.9 Å². The third-order valence-electron chi connectivity index (χ3n) is 3.80. The average Bonchev–Trinajstić information content (AvgIpc) is 2.53. The molecule has 0 saturated heterocycles. The molecule has 7 heteroatoms. The molecule has 1 amide bonds. The summed E-state index contributed by atoms with van der Waals surface area (Å²) in [6.45, 7) is 2.13. The number of amides is 1. The van der Waals surface area contributed by atoms with Crippen molar-refractivity contribution in [1.29, 1.82) is 0 Å². The van der Waals surface area contributed by atoms with Crippen LogP contribution in [0.1, 0.15) is 18.1 Å². The molecular weight excluding hydrogens is 453 g/mol. The molecule has 2 aromatic rings. The number of rotatable bonds is 8. The molecule has 0 saturated carbocycles. The predicted octanol–water partition coefficient (Wildman–Crippen LogP) is 2.77. The number of halogens is 3. The molecule has 2 aromatic carbocycles. The van der Waals surface area contributed by atoms with Gasteiger partial charge in [-0.05, 0) is 64.4 Å². The highest BCUT2D eigenvalue weighted by molar-refractivity contribution is 14.1. The highest BCUT2D eigenvalue weighted by Crippen LogP contribution is 2.12. The fourth-order valence-electron chi connectivity index (χ4n) is 2.68. The van der Waals surface area contributed by atoms with Crippen molar-refractivity contribution in [2.75, 3.05) is 6.54 Å². The van der Waals surface area contributed by atoms with E-state index in [0.717, 1.165) is 15.2 Å². The minimum atomic E-state index is -0.909. The fraction of sp³-hybridized carbons (Fsp3) is 0.316. The molecule has 0 radical (unpaired) electrons. The summed E-state index contributed by atoms with van der Waals surface area (Å²) in [4.78, 5) is 11.4. The van der Waals surface area contributed by atoms with E-state index in [0.29, 0.717) is 12.1 Å². The molecule has 0 aliphatic heterocycles. The molecular formula is C19H21F2IN2O2. The molecule has 2 rings (SSSR count). The number of benzene rings is 2. The molecule has 0 heterocycles. The van der Waals surface area contributed by atoms with E-state index >= 15 is 0 Å². The van der Waals surface area contributed by atoms with Crippen LogP contribution >= 0.6 is 22.6 Å². The minimum absolute atomic E-state index is 0.125. The largest absolute Gasteiger partial charge is 0.390 e. The molecule has 0 aliphatic carbocycles. The van der Waals surface area contributed by atoms with E-state index in [1.54, 1.807) is 0 Å². The second kappa shape index (κ2) is 9.94. The Bertz CT molecular complexity index is 738. The number of hydrogen-bond acceptors (Lipinski definition) is 3. The van der Waals surface area contributed by atoms with Crippen LogP contribution in [0.4, 0.5) is 8.78 Å². The highest BCUT2D eigenvalue weighted by atomic mass is 127. The number of carbonyl (C=O) groups excluding carboxylic acids is 1. The summed E-state index contributed by atoms with van der Waals surface area (Å²) >= 11 is 2.23. The summed E-state index contributed by atoms with van der Waals surface area (Å²) in [6.07, 6.45) is -0.784. The average molecular weight is 474 g/mol. The maximum atomic E-state index is 13.4. The van der Waals surface area contributed by atoms with E-state index < -0.39 is 23.8 Å². The zero-order valence-electron chi connectivity index (χ0n) is 14.3. The number of aliphatic hydroxyl groups excluding tert-OH is 1. The van der Waals surface area contributed by atoms with Gasteiger partial charge in [-0.25, -0.2) is 8.78 Å². The monoisotopic (exact) mass is 474 g/mol. The number of aliphatic hydroxyl groups is 1. The van der Waals surface area contributed by atoms with Gasteiger partial charge in [0.1, 0.15) is 11.6 Å². The van der Waals surface area contributed by atoms with Gasteiger partial charge in [0.25, 0.3) is 0 Å². The van der Waals surface area contributed by atoms with Crippen LogP contribution in [0.5, 0.6) is 0 Å². The first kappa shape index (κ1) is 20.7. The second-order valence-corrected chi connectivity index (χ2v) is 7.36. The molecule has 0 spiro atoms. The minimum Gasteiger partial charge on any atom is -0.390 e. The third-order valence-corrected chi connectivity index (χ3v) is 4.47. The molecule has 3 N–H and O–H groups in total. The maximum absolute atomic E-state index is 13.4. The van der Waals surface area contributed by atoms with Crippen LogP contribution in [0.3, 0.4) is 0 Å². The van der Waals surface area contributed by atoms with Crippen LogP contribution in [-0.2, 0) is 17.8 Å². The molecule has 2 unspecified atom stereocenters. The topological polar surface area (TPSA) is 61.4 Å². The van der Waals surface area contributed by atoms with Crippen molar-refractivity contribution >= 4 is 28.5 Å². The van der Waals surface area contributed by atoms with E-state index in [4.69, 9.17) is 0 Å². The Hall–Kier alpha value is -1.58. The molecule has 140 valence electrons. The second-order valence-electron chi connectivity index (χ2n) is 6.12. The van der Waals surface area contributed by atoms with Gasteiger partial charge in [0, 0.05) is 29.6 Å². The Morgan fingerprint density at radius 2 is 1.85 bits per heavy atom. The first-order valence-corrected chi connectivity index (χ1v) is 9.26. The van der Waals surface area contributed by atoms with Crippen molar-refractivity contribution in [2.24, 2.45) is 0 Å². The number of hydrogen-bond donors (Lipinski definition) is 3. The summed E-state index contributed by atoms with van der Waals surface area (Å²) in [5, 5.41) is 16.2. The lowest BCUT2D eigenvalue weighted by atomic mass is 10.0. The van der Waals surface area contributed by atoms with Crippen LogP contribution < -0.4 is 10.6 Å². The van der Waals surface area contributed by atoms with Crippen molar-refractivity contribution in [3.05, 3.63) is 68.8 Å². The zero-order chi connectivity index (χ0) is 19.1. The molecule has 0 bridgehead atoms. The third kappa shape index (κ3) is 6.97. The Morgan fingerprint density at radius 1 is 1.15 bits per heavy atom. The van der Waals surface area contributed by atoms with Crippen molar-refractivity contribution in [2.45, 2.75) is 32.0 Å². The molecule has 0 fully saturated rings. The summed E-state index contributed by atoms with van der Waals surface area (Å²) in [5.74, 6) is -1.69. The Kier molecular flexibility index (Phi) is 7.92. The van der Waals surface area contributed by atoms with Gasteiger partial charge >= 0.3 is 0 Å². The normalized spacial score (nSPS) is 13.3. The molecule has 2 atom stereocenters. The van der Waals surface area contributed by atoms with E-state index in [1.165, 1.54) is 19.1 Å². The van der Waals surface area contributed by atoms with Crippen LogP contribution in [0.25, 0.3) is 0 Å². The van der Waals surface area contributed by atoms with Gasteiger partial charge in [0.05, 0.1) is 12.1 Å². The van der Waals surface area contributed by atoms with Gasteiger partial charge in [-0.3, -0.25) is 4.79 Å². The first-order valence-electron chi connectivity index (χ1n) is 8.19. The van der Waals surface area contributed by atoms with E-state index in [1.807, 2.05) is 24.3 Å². The summed E-state index contributed by atoms with van der Waals surface area (Å²) in [5.41, 5.74) is 1.45. The quantitative estimate of drug-likeness (QED) is 0.516. The van der Waals surface area contributed by atoms with E-state index in [9.17, 15) is 18.7 Å². The number of nitrogens with one attached hydrogen (secondary N) is 2. The van der Waals surface area contributed by atoms with Gasteiger partial charge in [0.15, 0.2) is 0 Å². The van der Waals surface area contributed by atoms with Gasteiger partial charge in [-0.2, -0.15) is 0 Å². The van der Waals surface area contributed by atoms with Crippen LogP contribution in [0.15, 0.2) is 42.5 Å². The van der Waals surface area contributed by atoms with Gasteiger partial charge in [0.2, 0.25) is 5.91 Å². The summed E-state index contributed by atoms with van der Waals surface area (Å²) in [6, 6.07) is 10.5. The first-order chi connectivity index (χ1) is 12.3. The van der Waals surface area contributed by atoms with Gasteiger partial charge < -0.3 is 15.7 Å². The van der Waals surface area contributed by atoms with Crippen LogP contribution in [-0.4, -0.2) is 29.7 Å². The van der Waals surface area contributed by atoms with E-state index in [2.05, 4.69) is 33.2 Å². The molecule has 0 aromatic heterocycles. The lowest BCUT2D eigenvalue weighted by Gasteiger charge is -2.24. The fourth-order valence-corrected chi connectivity index (χ4v) is 3.29. The van der Waals surface area contributed by atoms with Crippen molar-refractivity contribution < 1.29 is 18.7 Å². The van der Waals surface area contributed by atoms with Crippen molar-refractivity contribution in [3.63, 3.8) is 0 Å². The van der Waals surface area contributed by atoms with Gasteiger partial charge in [-0.1, -0.05) is 12.1 Å². The standard InChI is InChI=1S/C19H21F2IN2O2/c1-12(25)24-18(8-14-5-15(20)9-16(21)6-14)19(26)11-23-10-13-3-2-4-17(22)7-13/h2-7,9,18-19,23,26H,8,10-11H2,1H3,(H,24,25). The predicted molar refractivity (Wildman–Crippen MR) is 105 cm³/mol. The Labute approximate surface area is 165 Å². The SMILES string of the molecule is CC(=O)NC(Cc1cc(F)cc(F)c1)C(O)CNCc1cccc(I)c1. The summed E-state index contributed by atoms with van der Waals surface area (Å²) < 4.78 is 27.8. The van der Waals surface area contributed by atoms with Crippen molar-refractivity contribution in [3.8, 4) is 0 Å². The van der Waals surface area contributed by atoms with Crippen LogP contribution in [0.2, 0.25) is 0 Å². The van der Waals surface area contributed by atoms with Crippen LogP contribution in [0, 0.1) is 15.2 Å². The maximum Gasteiger partial charge on any atom is 0.217 e. The lowest BCUT2D eigenvalue weighted by Crippen LogP contribution is -2.48. The van der Waals surface area contributed by atoms with Gasteiger partial charge in [-0.15, -0.1) is 0 Å². The lowest BCUT2D eigenvalue weighted by molar-refractivity contribution is -0.120. The Morgan fingerprint density at radius 3 is 2.46 bits per heavy atom. The molecule has 4 nitrogen and oxygen atoms in total. The van der Waals surface area contributed by atoms with Crippen molar-refractivity contribution in [1.82, 2.24) is 10.6 Å².